The summed E-state index contributed by atoms with van der Waals surface area (Å²) < 4.78 is 1.63. The third-order valence-electron chi connectivity index (χ3n) is 4.46. The normalized spacial score (nSPS) is 12.0. The van der Waals surface area contributed by atoms with Crippen LogP contribution in [0.3, 0.4) is 0 Å². The minimum atomic E-state index is -0.415. The average Bonchev–Trinajstić information content (AvgIpc) is 3.16. The molecule has 0 spiro atoms. The number of ketones is 1. The molecule has 0 aliphatic heterocycles. The number of hydrogen-bond acceptors (Lipinski definition) is 6. The highest BCUT2D eigenvalue weighted by Crippen LogP contribution is 2.25. The molecule has 8 heteroatoms. The van der Waals surface area contributed by atoms with E-state index in [1.165, 1.54) is 24.2 Å². The van der Waals surface area contributed by atoms with Gasteiger partial charge < -0.3 is 5.32 Å². The highest BCUT2D eigenvalue weighted by atomic mass is 32.2. The molecule has 7 nitrogen and oxygen atoms in total. The molecule has 0 saturated carbocycles. The van der Waals surface area contributed by atoms with Crippen LogP contribution in [0.2, 0.25) is 0 Å². The first-order valence-corrected chi connectivity index (χ1v) is 10.2. The zero-order valence-electron chi connectivity index (χ0n) is 16.8. The van der Waals surface area contributed by atoms with E-state index in [4.69, 9.17) is 0 Å². The second-order valence-corrected chi connectivity index (χ2v) is 8.31. The van der Waals surface area contributed by atoms with Crippen LogP contribution in [0, 0.1) is 0 Å². The van der Waals surface area contributed by atoms with Gasteiger partial charge in [0, 0.05) is 11.3 Å². The highest BCUT2D eigenvalue weighted by molar-refractivity contribution is 8.00. The molecule has 1 aromatic heterocycles. The standard InChI is InChI=1S/C21H23N5O2S/c1-13(2)16-7-11-19(12-8-16)26-21(23-24-25-26)29-15(4)20(28)22-18-9-5-17(6-10-18)14(3)27/h5-13,15H,1-4H3,(H,22,28)/t15-/m0/s1. The number of nitrogens with one attached hydrogen (secondary N) is 1. The molecule has 0 unspecified atom stereocenters. The molecule has 150 valence electrons. The molecule has 1 heterocycles. The molecule has 1 amide bonds. The molecular formula is C21H23N5O2S. The van der Waals surface area contributed by atoms with E-state index in [0.717, 1.165) is 5.69 Å². The smallest absolute Gasteiger partial charge is 0.237 e. The van der Waals surface area contributed by atoms with Crippen LogP contribution in [-0.2, 0) is 4.79 Å². The van der Waals surface area contributed by atoms with E-state index in [1.54, 1.807) is 35.9 Å². The Kier molecular flexibility index (Phi) is 6.43. The lowest BCUT2D eigenvalue weighted by molar-refractivity contribution is -0.115. The Morgan fingerprint density at radius 3 is 2.24 bits per heavy atom. The predicted molar refractivity (Wildman–Crippen MR) is 114 cm³/mol. The number of thioether (sulfide) groups is 1. The van der Waals surface area contributed by atoms with Crippen LogP contribution in [0.25, 0.3) is 5.69 Å². The summed E-state index contributed by atoms with van der Waals surface area (Å²) >= 11 is 1.28. The number of Topliss-reactive ketones (excluding diaryl/α,β-unsaturated/α-hetero) is 1. The van der Waals surface area contributed by atoms with Gasteiger partial charge in [0.1, 0.15) is 0 Å². The molecule has 3 aromatic rings. The Balaban J connectivity index is 1.67. The van der Waals surface area contributed by atoms with Gasteiger partial charge in [0.2, 0.25) is 11.1 Å². The number of benzene rings is 2. The van der Waals surface area contributed by atoms with E-state index in [2.05, 4.69) is 46.8 Å². The Morgan fingerprint density at radius 1 is 1.00 bits per heavy atom. The number of aromatic nitrogens is 4. The van der Waals surface area contributed by atoms with Crippen molar-refractivity contribution >= 4 is 29.1 Å². The minimum absolute atomic E-state index is 0.0138. The summed E-state index contributed by atoms with van der Waals surface area (Å²) in [5.41, 5.74) is 3.32. The van der Waals surface area contributed by atoms with Crippen LogP contribution < -0.4 is 5.32 Å². The number of anilines is 1. The summed E-state index contributed by atoms with van der Waals surface area (Å²) in [6, 6.07) is 14.9. The van der Waals surface area contributed by atoms with Gasteiger partial charge in [-0.1, -0.05) is 37.7 Å². The van der Waals surface area contributed by atoms with Gasteiger partial charge in [-0.25, -0.2) is 0 Å². The van der Waals surface area contributed by atoms with Gasteiger partial charge in [-0.05, 0) is 72.2 Å². The first-order valence-electron chi connectivity index (χ1n) is 9.32. The van der Waals surface area contributed by atoms with E-state index in [0.29, 0.717) is 22.3 Å². The fourth-order valence-electron chi connectivity index (χ4n) is 2.66. The number of carbonyl (C=O) groups is 2. The van der Waals surface area contributed by atoms with Crippen LogP contribution in [-0.4, -0.2) is 37.1 Å². The maximum atomic E-state index is 12.5. The number of amides is 1. The predicted octanol–water partition coefficient (Wildman–Crippen LogP) is 4.11. The van der Waals surface area contributed by atoms with Crippen molar-refractivity contribution in [2.24, 2.45) is 0 Å². The van der Waals surface area contributed by atoms with E-state index < -0.39 is 5.25 Å². The maximum absolute atomic E-state index is 12.5. The van der Waals surface area contributed by atoms with Crippen LogP contribution in [0.5, 0.6) is 0 Å². The molecule has 0 aliphatic rings. The Bertz CT molecular complexity index is 997. The van der Waals surface area contributed by atoms with Crippen molar-refractivity contribution in [3.8, 4) is 5.69 Å². The highest BCUT2D eigenvalue weighted by Gasteiger charge is 2.19. The first-order chi connectivity index (χ1) is 13.8. The summed E-state index contributed by atoms with van der Waals surface area (Å²) in [4.78, 5) is 23.9. The van der Waals surface area contributed by atoms with Gasteiger partial charge in [-0.2, -0.15) is 4.68 Å². The van der Waals surface area contributed by atoms with Crippen molar-refractivity contribution in [3.05, 3.63) is 59.7 Å². The molecule has 2 aromatic carbocycles. The van der Waals surface area contributed by atoms with E-state index in [9.17, 15) is 9.59 Å². The fraction of sp³-hybridized carbons (Fsp3) is 0.286. The molecule has 29 heavy (non-hydrogen) atoms. The van der Waals surface area contributed by atoms with E-state index in [-0.39, 0.29) is 11.7 Å². The van der Waals surface area contributed by atoms with Crippen molar-refractivity contribution in [1.29, 1.82) is 0 Å². The van der Waals surface area contributed by atoms with Crippen molar-refractivity contribution in [2.75, 3.05) is 5.32 Å². The molecule has 1 atom stereocenters. The number of hydrogen-bond donors (Lipinski definition) is 1. The van der Waals surface area contributed by atoms with E-state index >= 15 is 0 Å². The zero-order valence-corrected chi connectivity index (χ0v) is 17.6. The molecule has 0 saturated heterocycles. The topological polar surface area (TPSA) is 89.8 Å². The third-order valence-corrected chi connectivity index (χ3v) is 5.49. The lowest BCUT2D eigenvalue weighted by Gasteiger charge is -2.12. The lowest BCUT2D eigenvalue weighted by Crippen LogP contribution is -2.23. The Labute approximate surface area is 173 Å². The fourth-order valence-corrected chi connectivity index (χ4v) is 3.47. The zero-order chi connectivity index (χ0) is 21.0. The molecule has 0 bridgehead atoms. The monoisotopic (exact) mass is 409 g/mol. The SMILES string of the molecule is CC(=O)c1ccc(NC(=O)[C@H](C)Sc2nnnn2-c2ccc(C(C)C)cc2)cc1. The Hall–Kier alpha value is -3.00. The molecule has 0 radical (unpaired) electrons. The largest absolute Gasteiger partial charge is 0.325 e. The van der Waals surface area contributed by atoms with Crippen LogP contribution in [0.15, 0.2) is 53.7 Å². The second-order valence-electron chi connectivity index (χ2n) is 7.00. The summed E-state index contributed by atoms with van der Waals surface area (Å²) in [5, 5.41) is 14.8. The summed E-state index contributed by atoms with van der Waals surface area (Å²) in [7, 11) is 0. The maximum Gasteiger partial charge on any atom is 0.237 e. The number of rotatable bonds is 7. The molecule has 0 fully saturated rings. The van der Waals surface area contributed by atoms with Gasteiger partial charge in [0.05, 0.1) is 10.9 Å². The molecule has 1 N–H and O–H groups in total. The summed E-state index contributed by atoms with van der Waals surface area (Å²) in [5.74, 6) is 0.260. The minimum Gasteiger partial charge on any atom is -0.325 e. The molecular weight excluding hydrogens is 386 g/mol. The molecule has 3 rings (SSSR count). The number of tetrazole rings is 1. The second kappa shape index (κ2) is 9.00. The van der Waals surface area contributed by atoms with Crippen LogP contribution in [0.1, 0.15) is 49.5 Å². The quantitative estimate of drug-likeness (QED) is 0.467. The van der Waals surface area contributed by atoms with Gasteiger partial charge in [0.15, 0.2) is 5.78 Å². The Morgan fingerprint density at radius 2 is 1.66 bits per heavy atom. The summed E-state index contributed by atoms with van der Waals surface area (Å²) in [6.07, 6.45) is 0. The van der Waals surface area contributed by atoms with Crippen molar-refractivity contribution in [1.82, 2.24) is 20.2 Å². The van der Waals surface area contributed by atoms with Gasteiger partial charge in [0.25, 0.3) is 0 Å². The molecule has 0 aliphatic carbocycles. The van der Waals surface area contributed by atoms with Gasteiger partial charge >= 0.3 is 0 Å². The van der Waals surface area contributed by atoms with Gasteiger partial charge in [-0.15, -0.1) is 5.10 Å². The average molecular weight is 410 g/mol. The number of carbonyl (C=O) groups excluding carboxylic acids is 2. The van der Waals surface area contributed by atoms with Crippen LogP contribution in [0.4, 0.5) is 5.69 Å². The van der Waals surface area contributed by atoms with Crippen LogP contribution >= 0.6 is 11.8 Å². The van der Waals surface area contributed by atoms with Crippen molar-refractivity contribution in [2.45, 2.75) is 44.0 Å². The van der Waals surface area contributed by atoms with Crippen molar-refractivity contribution in [3.63, 3.8) is 0 Å². The lowest BCUT2D eigenvalue weighted by atomic mass is 10.0. The first kappa shape index (κ1) is 20.7. The summed E-state index contributed by atoms with van der Waals surface area (Å²) in [6.45, 7) is 7.58. The van der Waals surface area contributed by atoms with E-state index in [1.807, 2.05) is 12.1 Å². The van der Waals surface area contributed by atoms with Gasteiger partial charge in [-0.3, -0.25) is 9.59 Å². The third kappa shape index (κ3) is 5.08. The van der Waals surface area contributed by atoms with Crippen molar-refractivity contribution < 1.29 is 9.59 Å². The number of nitrogens with zero attached hydrogens (tertiary/aromatic N) is 4.